The predicted octanol–water partition coefficient (Wildman–Crippen LogP) is 2.71. The average Bonchev–Trinajstić information content (AvgIpc) is 3.15. The molecule has 0 unspecified atom stereocenters. The molecule has 2 aromatic rings. The van der Waals surface area contributed by atoms with Crippen molar-refractivity contribution in [1.29, 1.82) is 0 Å². The largest absolute Gasteiger partial charge is 0.462 e. The molecule has 0 bridgehead atoms. The van der Waals surface area contributed by atoms with Crippen molar-refractivity contribution in [3.63, 3.8) is 0 Å². The fourth-order valence-electron chi connectivity index (χ4n) is 1.94. The normalized spacial score (nSPS) is 10.6. The monoisotopic (exact) mass is 369 g/mol. The summed E-state index contributed by atoms with van der Waals surface area (Å²) in [7, 11) is 0. The molecular formula is C15H19N3O4S2. The fraction of sp³-hybridized carbons (Fsp3) is 0.467. The van der Waals surface area contributed by atoms with Crippen LogP contribution in [0.1, 0.15) is 50.4 Å². The maximum Gasteiger partial charge on any atom is 0.360 e. The highest BCUT2D eigenvalue weighted by atomic mass is 32.1. The molecule has 0 aromatic carbocycles. The molecule has 0 saturated carbocycles. The molecule has 0 saturated heterocycles. The first-order valence-corrected chi connectivity index (χ1v) is 9.22. The van der Waals surface area contributed by atoms with Crippen LogP contribution in [0.25, 0.3) is 0 Å². The van der Waals surface area contributed by atoms with Gasteiger partial charge in [0.2, 0.25) is 0 Å². The minimum Gasteiger partial charge on any atom is -0.462 e. The van der Waals surface area contributed by atoms with E-state index in [-0.39, 0.29) is 18.3 Å². The van der Waals surface area contributed by atoms with E-state index in [0.717, 1.165) is 22.9 Å². The summed E-state index contributed by atoms with van der Waals surface area (Å²) >= 11 is 2.63. The Morgan fingerprint density at radius 1 is 1.08 bits per heavy atom. The molecular weight excluding hydrogens is 350 g/mol. The maximum atomic E-state index is 11.7. The van der Waals surface area contributed by atoms with Crippen molar-refractivity contribution in [2.45, 2.75) is 33.1 Å². The summed E-state index contributed by atoms with van der Waals surface area (Å²) in [5.74, 6) is -0.829. The lowest BCUT2D eigenvalue weighted by Gasteiger charge is -1.98. The molecule has 0 spiro atoms. The van der Waals surface area contributed by atoms with E-state index in [2.05, 4.69) is 9.97 Å². The molecule has 0 amide bonds. The van der Waals surface area contributed by atoms with Gasteiger partial charge in [-0.05, 0) is 33.1 Å². The van der Waals surface area contributed by atoms with Gasteiger partial charge in [-0.25, -0.2) is 19.6 Å². The third-order valence-electron chi connectivity index (χ3n) is 2.98. The van der Waals surface area contributed by atoms with Crippen LogP contribution in [0.3, 0.4) is 0 Å². The van der Waals surface area contributed by atoms with E-state index in [9.17, 15) is 9.59 Å². The molecule has 0 aliphatic heterocycles. The van der Waals surface area contributed by atoms with Gasteiger partial charge >= 0.3 is 11.9 Å². The van der Waals surface area contributed by atoms with Crippen molar-refractivity contribution in [3.05, 3.63) is 26.8 Å². The SMILES string of the molecule is CCOC(=O)c1cnc(CCCc2nc(C(=O)OCC)c(N)s2)s1. The van der Waals surface area contributed by atoms with Gasteiger partial charge in [0, 0.05) is 0 Å². The van der Waals surface area contributed by atoms with E-state index in [1.165, 1.54) is 28.9 Å². The van der Waals surface area contributed by atoms with Crippen LogP contribution in [0.5, 0.6) is 0 Å². The first kappa shape index (κ1) is 18.3. The minimum absolute atomic E-state index is 0.190. The highest BCUT2D eigenvalue weighted by molar-refractivity contribution is 7.16. The van der Waals surface area contributed by atoms with Gasteiger partial charge in [-0.3, -0.25) is 0 Å². The standard InChI is InChI=1S/C15H19N3O4S2/c1-3-21-14(19)9-8-17-10(23-9)6-5-7-11-18-12(13(16)24-11)15(20)22-4-2/h8H,3-7,16H2,1-2H3. The Kier molecular flexibility index (Phi) is 6.68. The number of ether oxygens (including phenoxy) is 2. The number of nitrogens with two attached hydrogens (primary N) is 1. The first-order chi connectivity index (χ1) is 11.5. The van der Waals surface area contributed by atoms with E-state index in [1.807, 2.05) is 0 Å². The number of esters is 2. The lowest BCUT2D eigenvalue weighted by Crippen LogP contribution is -2.07. The summed E-state index contributed by atoms with van der Waals surface area (Å²) in [6, 6.07) is 0. The molecule has 0 atom stereocenters. The number of nitrogens with zero attached hydrogens (tertiary/aromatic N) is 2. The quantitative estimate of drug-likeness (QED) is 0.713. The second-order valence-electron chi connectivity index (χ2n) is 4.73. The molecule has 0 fully saturated rings. The molecule has 7 nitrogen and oxygen atoms in total. The van der Waals surface area contributed by atoms with Crippen molar-refractivity contribution in [2.75, 3.05) is 18.9 Å². The highest BCUT2D eigenvalue weighted by Crippen LogP contribution is 2.24. The Morgan fingerprint density at radius 2 is 1.75 bits per heavy atom. The van der Waals surface area contributed by atoms with Gasteiger partial charge in [-0.1, -0.05) is 0 Å². The van der Waals surface area contributed by atoms with Crippen LogP contribution < -0.4 is 5.73 Å². The molecule has 0 radical (unpaired) electrons. The van der Waals surface area contributed by atoms with Crippen molar-refractivity contribution in [3.8, 4) is 0 Å². The zero-order valence-corrected chi connectivity index (χ0v) is 15.2. The summed E-state index contributed by atoms with van der Waals surface area (Å²) in [6.07, 6.45) is 3.74. The van der Waals surface area contributed by atoms with Gasteiger partial charge < -0.3 is 15.2 Å². The summed E-state index contributed by atoms with van der Waals surface area (Å²) in [6.45, 7) is 4.14. The molecule has 9 heteroatoms. The molecule has 2 N–H and O–H groups in total. The second kappa shape index (κ2) is 8.74. The van der Waals surface area contributed by atoms with Crippen LogP contribution in [0.15, 0.2) is 6.20 Å². The van der Waals surface area contributed by atoms with Crippen LogP contribution >= 0.6 is 22.7 Å². The van der Waals surface area contributed by atoms with Crippen LogP contribution in [0.4, 0.5) is 5.00 Å². The number of thiazole rings is 2. The van der Waals surface area contributed by atoms with E-state index >= 15 is 0 Å². The zero-order chi connectivity index (χ0) is 17.5. The third-order valence-corrected chi connectivity index (χ3v) is 4.96. The summed E-state index contributed by atoms with van der Waals surface area (Å²) in [4.78, 5) is 32.3. The number of anilines is 1. The number of hydrogen-bond donors (Lipinski definition) is 1. The molecule has 2 heterocycles. The molecule has 2 aromatic heterocycles. The Labute approximate surface area is 147 Å². The highest BCUT2D eigenvalue weighted by Gasteiger charge is 2.17. The Bertz CT molecular complexity index is 711. The van der Waals surface area contributed by atoms with Crippen molar-refractivity contribution in [2.24, 2.45) is 0 Å². The van der Waals surface area contributed by atoms with E-state index in [0.29, 0.717) is 22.9 Å². The number of nitrogen functional groups attached to an aromatic ring is 1. The van der Waals surface area contributed by atoms with E-state index in [4.69, 9.17) is 15.2 Å². The Balaban J connectivity index is 1.87. The number of aromatic nitrogens is 2. The van der Waals surface area contributed by atoms with Gasteiger partial charge in [0.1, 0.15) is 9.88 Å². The van der Waals surface area contributed by atoms with Crippen molar-refractivity contribution in [1.82, 2.24) is 9.97 Å². The minimum atomic E-state index is -0.489. The second-order valence-corrected chi connectivity index (χ2v) is 6.96. The number of rotatable bonds is 8. The topological polar surface area (TPSA) is 104 Å². The van der Waals surface area contributed by atoms with E-state index in [1.54, 1.807) is 13.8 Å². The summed E-state index contributed by atoms with van der Waals surface area (Å²) < 4.78 is 9.85. The van der Waals surface area contributed by atoms with Gasteiger partial charge in [-0.15, -0.1) is 22.7 Å². The summed E-state index contributed by atoms with van der Waals surface area (Å²) in [5.41, 5.74) is 6.00. The number of aryl methyl sites for hydroxylation is 2. The lowest BCUT2D eigenvalue weighted by atomic mass is 10.2. The molecule has 0 aliphatic carbocycles. The third kappa shape index (κ3) is 4.75. The van der Waals surface area contributed by atoms with Crippen LogP contribution in [-0.2, 0) is 22.3 Å². The lowest BCUT2D eigenvalue weighted by molar-refractivity contribution is 0.0515. The van der Waals surface area contributed by atoms with Crippen LogP contribution in [0, 0.1) is 0 Å². The van der Waals surface area contributed by atoms with Gasteiger partial charge in [0.25, 0.3) is 0 Å². The zero-order valence-electron chi connectivity index (χ0n) is 13.5. The van der Waals surface area contributed by atoms with Gasteiger partial charge in [0.15, 0.2) is 5.69 Å². The van der Waals surface area contributed by atoms with Crippen LogP contribution in [0.2, 0.25) is 0 Å². The molecule has 2 rings (SSSR count). The Morgan fingerprint density at radius 3 is 2.46 bits per heavy atom. The van der Waals surface area contributed by atoms with Gasteiger partial charge in [0.05, 0.1) is 29.4 Å². The number of hydrogen-bond acceptors (Lipinski definition) is 9. The van der Waals surface area contributed by atoms with Crippen LogP contribution in [-0.4, -0.2) is 35.1 Å². The predicted molar refractivity (Wildman–Crippen MR) is 92.6 cm³/mol. The van der Waals surface area contributed by atoms with Gasteiger partial charge in [-0.2, -0.15) is 0 Å². The number of carbonyl (C=O) groups is 2. The first-order valence-electron chi connectivity index (χ1n) is 7.59. The summed E-state index contributed by atoms with van der Waals surface area (Å²) in [5, 5.41) is 2.04. The number of carbonyl (C=O) groups excluding carboxylic acids is 2. The Hall–Kier alpha value is -2.00. The van der Waals surface area contributed by atoms with E-state index < -0.39 is 5.97 Å². The average molecular weight is 369 g/mol. The van der Waals surface area contributed by atoms with Crippen molar-refractivity contribution >= 4 is 39.6 Å². The molecule has 0 aliphatic rings. The van der Waals surface area contributed by atoms with Crippen molar-refractivity contribution < 1.29 is 19.1 Å². The molecule has 24 heavy (non-hydrogen) atoms. The fourth-order valence-corrected chi connectivity index (χ4v) is 3.66. The smallest absolute Gasteiger partial charge is 0.360 e. The molecule has 130 valence electrons. The maximum absolute atomic E-state index is 11.7.